The molecule has 6 rings (SSSR count). The predicted octanol–water partition coefficient (Wildman–Crippen LogP) is 5.04. The molecule has 0 saturated carbocycles. The van der Waals surface area contributed by atoms with Crippen LogP contribution in [0.5, 0.6) is 5.75 Å². The molecular formula is C27H23BrClN3O5S2. The Morgan fingerprint density at radius 3 is 2.54 bits per heavy atom. The lowest BCUT2D eigenvalue weighted by molar-refractivity contribution is -0.134. The standard InChI is InChI=1S/C27H23BrClN3O5S2/c28-14-4-9-18(37-13-19(33)31-10-2-1-3-11-31)17(12-14)20-21-23(38-24-22(20)39-27(36)30-24)26(35)32(25(21)34)16-7-5-15(29)6-8-16/h4-9,12,20-21,23H,1-3,10-11,13H2,(H,30,36). The van der Waals surface area contributed by atoms with Gasteiger partial charge < -0.3 is 14.6 Å². The number of aromatic nitrogens is 1. The fraction of sp³-hybridized carbons (Fsp3) is 0.333. The van der Waals surface area contributed by atoms with Crippen LogP contribution in [0, 0.1) is 5.92 Å². The van der Waals surface area contributed by atoms with E-state index in [1.165, 1.54) is 16.7 Å². The maximum Gasteiger partial charge on any atom is 0.305 e. The number of thiazole rings is 1. The van der Waals surface area contributed by atoms with Gasteiger partial charge in [-0.3, -0.25) is 19.2 Å². The van der Waals surface area contributed by atoms with Gasteiger partial charge in [0, 0.05) is 38.9 Å². The van der Waals surface area contributed by atoms with Crippen molar-refractivity contribution < 1.29 is 19.1 Å². The van der Waals surface area contributed by atoms with Crippen molar-refractivity contribution in [1.29, 1.82) is 0 Å². The van der Waals surface area contributed by atoms with Crippen LogP contribution in [0.2, 0.25) is 5.02 Å². The van der Waals surface area contributed by atoms with E-state index < -0.39 is 17.1 Å². The number of nitrogens with zero attached hydrogens (tertiary/aromatic N) is 2. The van der Waals surface area contributed by atoms with Crippen molar-refractivity contribution in [3.63, 3.8) is 0 Å². The fourth-order valence-corrected chi connectivity index (χ4v) is 8.48. The molecule has 3 unspecified atom stereocenters. The molecule has 0 radical (unpaired) electrons. The van der Waals surface area contributed by atoms with Crippen LogP contribution in [0.3, 0.4) is 0 Å². The van der Waals surface area contributed by atoms with Crippen molar-refractivity contribution in [2.75, 3.05) is 24.6 Å². The molecule has 1 N–H and O–H groups in total. The van der Waals surface area contributed by atoms with E-state index in [4.69, 9.17) is 16.3 Å². The van der Waals surface area contributed by atoms with E-state index in [-0.39, 0.29) is 29.2 Å². The number of ether oxygens (including phenoxy) is 1. The number of carbonyl (C=O) groups excluding carboxylic acids is 3. The van der Waals surface area contributed by atoms with Crippen molar-refractivity contribution in [1.82, 2.24) is 9.88 Å². The second-order valence-corrected chi connectivity index (χ2v) is 13.2. The molecule has 3 aromatic rings. The number of rotatable bonds is 5. The van der Waals surface area contributed by atoms with E-state index in [0.29, 0.717) is 31.9 Å². The first kappa shape index (κ1) is 26.6. The maximum absolute atomic E-state index is 14.0. The van der Waals surface area contributed by atoms with E-state index in [1.807, 2.05) is 11.0 Å². The highest BCUT2D eigenvalue weighted by Crippen LogP contribution is 2.54. The molecule has 202 valence electrons. The molecule has 3 aliphatic heterocycles. The third-order valence-corrected chi connectivity index (χ3v) is 10.4. The van der Waals surface area contributed by atoms with E-state index >= 15 is 0 Å². The molecule has 2 saturated heterocycles. The predicted molar refractivity (Wildman–Crippen MR) is 154 cm³/mol. The number of thioether (sulfide) groups is 1. The van der Waals surface area contributed by atoms with Crippen LogP contribution in [-0.4, -0.2) is 52.6 Å². The number of H-pyrrole nitrogens is 1. The van der Waals surface area contributed by atoms with E-state index in [1.54, 1.807) is 36.4 Å². The number of hydrogen-bond acceptors (Lipinski definition) is 7. The first-order valence-electron chi connectivity index (χ1n) is 12.5. The van der Waals surface area contributed by atoms with Gasteiger partial charge in [-0.25, -0.2) is 4.90 Å². The third-order valence-electron chi connectivity index (χ3n) is 7.28. The number of hydrogen-bond donors (Lipinski definition) is 1. The fourth-order valence-electron chi connectivity index (χ4n) is 5.46. The quantitative estimate of drug-likeness (QED) is 0.390. The van der Waals surface area contributed by atoms with Crippen LogP contribution in [0.15, 0.2) is 56.8 Å². The molecular weight excluding hydrogens is 626 g/mol. The number of carbonyl (C=O) groups is 3. The van der Waals surface area contributed by atoms with Crippen molar-refractivity contribution in [3.05, 3.63) is 72.1 Å². The normalized spacial score (nSPS) is 22.6. The van der Waals surface area contributed by atoms with Crippen LogP contribution < -0.4 is 14.5 Å². The van der Waals surface area contributed by atoms with Crippen LogP contribution in [0.25, 0.3) is 0 Å². The SMILES string of the molecule is O=C(COc1ccc(Br)cc1C1c2sc(=O)[nH]c2SC2C(=O)N(c3ccc(Cl)cc3)C(=O)C21)N1CCCCC1. The highest BCUT2D eigenvalue weighted by Gasteiger charge is 2.56. The smallest absolute Gasteiger partial charge is 0.305 e. The average molecular weight is 649 g/mol. The Labute approximate surface area is 245 Å². The van der Waals surface area contributed by atoms with Gasteiger partial charge in [-0.05, 0) is 61.7 Å². The number of aromatic amines is 1. The van der Waals surface area contributed by atoms with Crippen LogP contribution >= 0.6 is 50.6 Å². The number of fused-ring (bicyclic) bond motifs is 2. The molecule has 2 fully saturated rings. The van der Waals surface area contributed by atoms with Gasteiger partial charge in [0.15, 0.2) is 6.61 Å². The minimum absolute atomic E-state index is 0.0892. The summed E-state index contributed by atoms with van der Waals surface area (Å²) in [5.41, 5.74) is 1.08. The van der Waals surface area contributed by atoms with E-state index in [0.717, 1.165) is 48.2 Å². The molecule has 3 atom stereocenters. The molecule has 4 heterocycles. The zero-order valence-corrected chi connectivity index (χ0v) is 24.5. The molecule has 12 heteroatoms. The van der Waals surface area contributed by atoms with Gasteiger partial charge >= 0.3 is 4.87 Å². The Hall–Kier alpha value is -2.60. The number of imide groups is 1. The number of likely N-dealkylation sites (tertiary alicyclic amines) is 1. The summed E-state index contributed by atoms with van der Waals surface area (Å²) in [5.74, 6) is -1.75. The number of anilines is 1. The molecule has 3 amide bonds. The number of benzene rings is 2. The first-order valence-corrected chi connectivity index (χ1v) is 15.4. The Balaban J connectivity index is 1.39. The molecule has 3 aliphatic rings. The Kier molecular flexibility index (Phi) is 7.34. The topological polar surface area (TPSA) is 99.8 Å². The summed E-state index contributed by atoms with van der Waals surface area (Å²) in [7, 11) is 0. The summed E-state index contributed by atoms with van der Waals surface area (Å²) < 4.78 is 6.84. The zero-order chi connectivity index (χ0) is 27.3. The van der Waals surface area contributed by atoms with Gasteiger partial charge in [0.1, 0.15) is 11.0 Å². The summed E-state index contributed by atoms with van der Waals surface area (Å²) in [5, 5.41) is 0.334. The summed E-state index contributed by atoms with van der Waals surface area (Å²) in [6.45, 7) is 1.30. The van der Waals surface area contributed by atoms with Crippen molar-refractivity contribution in [2.24, 2.45) is 5.92 Å². The second kappa shape index (κ2) is 10.8. The molecule has 2 aromatic carbocycles. The molecule has 39 heavy (non-hydrogen) atoms. The number of amides is 3. The molecule has 8 nitrogen and oxygen atoms in total. The molecule has 0 aliphatic carbocycles. The Bertz CT molecular complexity index is 1520. The van der Waals surface area contributed by atoms with E-state index in [2.05, 4.69) is 20.9 Å². The number of halogens is 2. The largest absolute Gasteiger partial charge is 0.483 e. The molecule has 0 spiro atoms. The lowest BCUT2D eigenvalue weighted by Crippen LogP contribution is -2.38. The maximum atomic E-state index is 14.0. The molecule has 1 aromatic heterocycles. The van der Waals surface area contributed by atoms with Gasteiger partial charge in [0.25, 0.3) is 5.91 Å². The molecule has 0 bridgehead atoms. The number of nitrogens with one attached hydrogen (secondary N) is 1. The van der Waals surface area contributed by atoms with Crippen molar-refractivity contribution in [3.8, 4) is 5.75 Å². The van der Waals surface area contributed by atoms with Crippen molar-refractivity contribution >= 4 is 74.0 Å². The summed E-state index contributed by atoms with van der Waals surface area (Å²) >= 11 is 11.8. The third kappa shape index (κ3) is 4.94. The van der Waals surface area contributed by atoms with Gasteiger partial charge in [-0.1, -0.05) is 50.6 Å². The monoisotopic (exact) mass is 647 g/mol. The minimum Gasteiger partial charge on any atom is -0.483 e. The van der Waals surface area contributed by atoms with Crippen LogP contribution in [0.1, 0.15) is 35.6 Å². The lowest BCUT2D eigenvalue weighted by atomic mass is 9.82. The summed E-state index contributed by atoms with van der Waals surface area (Å²) in [4.78, 5) is 59.2. The van der Waals surface area contributed by atoms with Crippen LogP contribution in [-0.2, 0) is 14.4 Å². The highest BCUT2D eigenvalue weighted by molar-refractivity contribution is 9.10. The van der Waals surface area contributed by atoms with Crippen molar-refractivity contribution in [2.45, 2.75) is 35.5 Å². The van der Waals surface area contributed by atoms with Gasteiger partial charge in [0.2, 0.25) is 11.8 Å². The van der Waals surface area contributed by atoms with Gasteiger partial charge in [0.05, 0.1) is 16.6 Å². The first-order chi connectivity index (χ1) is 18.8. The zero-order valence-electron chi connectivity index (χ0n) is 20.5. The van der Waals surface area contributed by atoms with E-state index in [9.17, 15) is 19.2 Å². The average Bonchev–Trinajstić information content (AvgIpc) is 3.43. The highest BCUT2D eigenvalue weighted by atomic mass is 79.9. The van der Waals surface area contributed by atoms with Gasteiger partial charge in [-0.15, -0.1) is 0 Å². The minimum atomic E-state index is -0.772. The summed E-state index contributed by atoms with van der Waals surface area (Å²) in [6.07, 6.45) is 3.08. The van der Waals surface area contributed by atoms with Crippen LogP contribution in [0.4, 0.5) is 5.69 Å². The second-order valence-electron chi connectivity index (χ2n) is 9.65. The Morgan fingerprint density at radius 1 is 1.05 bits per heavy atom. The Morgan fingerprint density at radius 2 is 1.79 bits per heavy atom. The number of piperidine rings is 1. The summed E-state index contributed by atoms with van der Waals surface area (Å²) in [6, 6.07) is 12.0. The lowest BCUT2D eigenvalue weighted by Gasteiger charge is -2.31. The van der Waals surface area contributed by atoms with Gasteiger partial charge in [-0.2, -0.15) is 0 Å².